The molecule has 0 radical (unpaired) electrons. The van der Waals surface area contributed by atoms with Crippen LogP contribution >= 0.6 is 11.6 Å². The van der Waals surface area contributed by atoms with E-state index in [0.717, 1.165) is 12.2 Å². The maximum absolute atomic E-state index is 13.6. The standard InChI is InChI=1S/C17H19ClFNO/c1-12(20-2)9-13-3-6-16(7-4-13)21-11-14-10-15(18)5-8-17(14)19/h3-8,10,12,20H,9,11H2,1-2H3. The summed E-state index contributed by atoms with van der Waals surface area (Å²) < 4.78 is 19.2. The Morgan fingerprint density at radius 2 is 1.90 bits per heavy atom. The Morgan fingerprint density at radius 1 is 1.19 bits per heavy atom. The Bertz CT molecular complexity index is 586. The third-order valence-electron chi connectivity index (χ3n) is 3.36. The molecule has 0 amide bonds. The van der Waals surface area contributed by atoms with Crippen molar-refractivity contribution in [2.24, 2.45) is 0 Å². The van der Waals surface area contributed by atoms with Crippen LogP contribution in [0.5, 0.6) is 5.75 Å². The minimum atomic E-state index is -0.307. The fourth-order valence-electron chi connectivity index (χ4n) is 1.99. The van der Waals surface area contributed by atoms with Crippen molar-refractivity contribution in [3.05, 3.63) is 64.4 Å². The highest BCUT2D eigenvalue weighted by molar-refractivity contribution is 6.30. The molecule has 1 unspecified atom stereocenters. The molecule has 4 heteroatoms. The highest BCUT2D eigenvalue weighted by atomic mass is 35.5. The lowest BCUT2D eigenvalue weighted by Crippen LogP contribution is -2.23. The summed E-state index contributed by atoms with van der Waals surface area (Å²) in [5.74, 6) is 0.411. The first-order chi connectivity index (χ1) is 10.1. The molecule has 2 aromatic carbocycles. The predicted octanol–water partition coefficient (Wildman–Crippen LogP) is 4.21. The zero-order valence-electron chi connectivity index (χ0n) is 12.2. The van der Waals surface area contributed by atoms with E-state index >= 15 is 0 Å². The van der Waals surface area contributed by atoms with E-state index in [1.807, 2.05) is 31.3 Å². The van der Waals surface area contributed by atoms with Gasteiger partial charge in [-0.2, -0.15) is 0 Å². The minimum Gasteiger partial charge on any atom is -0.489 e. The van der Waals surface area contributed by atoms with Crippen LogP contribution in [-0.4, -0.2) is 13.1 Å². The molecule has 0 saturated carbocycles. The maximum Gasteiger partial charge on any atom is 0.129 e. The smallest absolute Gasteiger partial charge is 0.129 e. The molecule has 0 aliphatic heterocycles. The molecule has 2 aromatic rings. The van der Waals surface area contributed by atoms with E-state index in [4.69, 9.17) is 16.3 Å². The van der Waals surface area contributed by atoms with Crippen LogP contribution in [0.25, 0.3) is 0 Å². The third kappa shape index (κ3) is 4.73. The quantitative estimate of drug-likeness (QED) is 0.863. The lowest BCUT2D eigenvalue weighted by atomic mass is 10.1. The Morgan fingerprint density at radius 3 is 2.57 bits per heavy atom. The van der Waals surface area contributed by atoms with Gasteiger partial charge in [-0.05, 0) is 56.3 Å². The van der Waals surface area contributed by atoms with Gasteiger partial charge >= 0.3 is 0 Å². The SMILES string of the molecule is CNC(C)Cc1ccc(OCc2cc(Cl)ccc2F)cc1. The van der Waals surface area contributed by atoms with Gasteiger partial charge < -0.3 is 10.1 Å². The molecule has 0 spiro atoms. The first kappa shape index (κ1) is 15.8. The molecule has 0 aliphatic carbocycles. The van der Waals surface area contributed by atoms with E-state index in [9.17, 15) is 4.39 Å². The first-order valence-electron chi connectivity index (χ1n) is 6.91. The monoisotopic (exact) mass is 307 g/mol. The van der Waals surface area contributed by atoms with Crippen LogP contribution in [0.1, 0.15) is 18.1 Å². The van der Waals surface area contributed by atoms with Crippen molar-refractivity contribution in [3.8, 4) is 5.75 Å². The molecule has 0 aromatic heterocycles. The van der Waals surface area contributed by atoms with Gasteiger partial charge in [0.2, 0.25) is 0 Å². The Hall–Kier alpha value is -1.58. The predicted molar refractivity (Wildman–Crippen MR) is 84.4 cm³/mol. The number of hydrogen-bond donors (Lipinski definition) is 1. The highest BCUT2D eigenvalue weighted by Gasteiger charge is 2.05. The summed E-state index contributed by atoms with van der Waals surface area (Å²) in [6.07, 6.45) is 0.958. The molecule has 0 aliphatic rings. The summed E-state index contributed by atoms with van der Waals surface area (Å²) in [6, 6.07) is 12.7. The fourth-order valence-corrected chi connectivity index (χ4v) is 2.19. The van der Waals surface area contributed by atoms with Crippen molar-refractivity contribution in [1.82, 2.24) is 5.32 Å². The van der Waals surface area contributed by atoms with Gasteiger partial charge in [0.1, 0.15) is 18.2 Å². The van der Waals surface area contributed by atoms with Crippen molar-refractivity contribution in [2.45, 2.75) is 26.0 Å². The van der Waals surface area contributed by atoms with E-state index in [2.05, 4.69) is 12.2 Å². The van der Waals surface area contributed by atoms with E-state index in [0.29, 0.717) is 16.6 Å². The molecule has 2 nitrogen and oxygen atoms in total. The number of nitrogens with one attached hydrogen (secondary N) is 1. The first-order valence-corrected chi connectivity index (χ1v) is 7.29. The molecular formula is C17H19ClFNO. The average molecular weight is 308 g/mol. The van der Waals surface area contributed by atoms with E-state index in [1.165, 1.54) is 17.7 Å². The molecule has 1 atom stereocenters. The van der Waals surface area contributed by atoms with Crippen molar-refractivity contribution < 1.29 is 9.13 Å². The summed E-state index contributed by atoms with van der Waals surface area (Å²) in [5.41, 5.74) is 1.69. The molecule has 1 N–H and O–H groups in total. The van der Waals surface area contributed by atoms with Gasteiger partial charge in [-0.3, -0.25) is 0 Å². The van der Waals surface area contributed by atoms with E-state index < -0.39 is 0 Å². The Kier molecular flexibility index (Phi) is 5.59. The number of likely N-dealkylation sites (N-methyl/N-ethyl adjacent to an activating group) is 1. The zero-order valence-corrected chi connectivity index (χ0v) is 13.0. The average Bonchev–Trinajstić information content (AvgIpc) is 2.49. The molecule has 0 fully saturated rings. The van der Waals surface area contributed by atoms with Gasteiger partial charge in [-0.25, -0.2) is 4.39 Å². The minimum absolute atomic E-state index is 0.165. The zero-order chi connectivity index (χ0) is 15.2. The number of rotatable bonds is 6. The Labute approximate surface area is 129 Å². The summed E-state index contributed by atoms with van der Waals surface area (Å²) in [7, 11) is 1.95. The number of ether oxygens (including phenoxy) is 1. The van der Waals surface area contributed by atoms with Gasteiger partial charge in [-0.1, -0.05) is 23.7 Å². The molecule has 112 valence electrons. The van der Waals surface area contributed by atoms with Gasteiger partial charge in [0.05, 0.1) is 0 Å². The van der Waals surface area contributed by atoms with Crippen LogP contribution in [0, 0.1) is 5.82 Å². The van der Waals surface area contributed by atoms with Crippen LogP contribution in [0.2, 0.25) is 5.02 Å². The van der Waals surface area contributed by atoms with Crippen LogP contribution in [0.3, 0.4) is 0 Å². The van der Waals surface area contributed by atoms with Gasteiger partial charge in [0, 0.05) is 16.6 Å². The van der Waals surface area contributed by atoms with Gasteiger partial charge in [-0.15, -0.1) is 0 Å². The summed E-state index contributed by atoms with van der Waals surface area (Å²) in [5, 5.41) is 3.71. The molecule has 2 rings (SSSR count). The summed E-state index contributed by atoms with van der Waals surface area (Å²) in [4.78, 5) is 0. The van der Waals surface area contributed by atoms with Crippen LogP contribution in [-0.2, 0) is 13.0 Å². The summed E-state index contributed by atoms with van der Waals surface area (Å²) in [6.45, 7) is 2.30. The lowest BCUT2D eigenvalue weighted by Gasteiger charge is -2.11. The van der Waals surface area contributed by atoms with E-state index in [-0.39, 0.29) is 12.4 Å². The fraction of sp³-hybridized carbons (Fsp3) is 0.294. The van der Waals surface area contributed by atoms with Crippen molar-refractivity contribution in [3.63, 3.8) is 0 Å². The van der Waals surface area contributed by atoms with Crippen LogP contribution < -0.4 is 10.1 Å². The second kappa shape index (κ2) is 7.43. The van der Waals surface area contributed by atoms with Gasteiger partial charge in [0.15, 0.2) is 0 Å². The topological polar surface area (TPSA) is 21.3 Å². The Balaban J connectivity index is 1.96. The third-order valence-corrected chi connectivity index (χ3v) is 3.60. The number of halogens is 2. The molecule has 0 heterocycles. The van der Waals surface area contributed by atoms with Crippen molar-refractivity contribution in [1.29, 1.82) is 0 Å². The van der Waals surface area contributed by atoms with E-state index in [1.54, 1.807) is 6.07 Å². The van der Waals surface area contributed by atoms with Crippen LogP contribution in [0.15, 0.2) is 42.5 Å². The van der Waals surface area contributed by atoms with Crippen LogP contribution in [0.4, 0.5) is 4.39 Å². The molecule has 21 heavy (non-hydrogen) atoms. The lowest BCUT2D eigenvalue weighted by molar-refractivity contribution is 0.300. The molecule has 0 saturated heterocycles. The largest absolute Gasteiger partial charge is 0.489 e. The second-order valence-electron chi connectivity index (χ2n) is 5.06. The van der Waals surface area contributed by atoms with Crippen molar-refractivity contribution >= 4 is 11.6 Å². The highest BCUT2D eigenvalue weighted by Crippen LogP contribution is 2.19. The number of benzene rings is 2. The van der Waals surface area contributed by atoms with Gasteiger partial charge in [0.25, 0.3) is 0 Å². The molecular weight excluding hydrogens is 289 g/mol. The normalized spacial score (nSPS) is 12.2. The molecule has 0 bridgehead atoms. The summed E-state index contributed by atoms with van der Waals surface area (Å²) >= 11 is 5.85. The maximum atomic E-state index is 13.6. The second-order valence-corrected chi connectivity index (χ2v) is 5.50. The van der Waals surface area contributed by atoms with Crippen molar-refractivity contribution in [2.75, 3.05) is 7.05 Å². The number of hydrogen-bond acceptors (Lipinski definition) is 2.